The second-order valence-electron chi connectivity index (χ2n) is 6.33. The maximum atomic E-state index is 13.8. The van der Waals surface area contributed by atoms with Crippen LogP contribution in [-0.4, -0.2) is 54.6 Å². The van der Waals surface area contributed by atoms with E-state index in [1.54, 1.807) is 17.0 Å². The van der Waals surface area contributed by atoms with Gasteiger partial charge in [0, 0.05) is 38.8 Å². The summed E-state index contributed by atoms with van der Waals surface area (Å²) in [5, 5.41) is 0. The zero-order valence-electron chi connectivity index (χ0n) is 13.1. The molecule has 1 amide bonds. The van der Waals surface area contributed by atoms with Crippen LogP contribution in [0.1, 0.15) is 24.8 Å². The van der Waals surface area contributed by atoms with E-state index in [4.69, 9.17) is 4.74 Å². The van der Waals surface area contributed by atoms with Crippen LogP contribution in [0.15, 0.2) is 24.3 Å². The van der Waals surface area contributed by atoms with E-state index in [0.29, 0.717) is 25.3 Å². The van der Waals surface area contributed by atoms with E-state index in [9.17, 15) is 9.18 Å². The third kappa shape index (κ3) is 3.01. The van der Waals surface area contributed by atoms with Gasteiger partial charge in [-0.2, -0.15) is 0 Å². The fourth-order valence-electron chi connectivity index (χ4n) is 3.45. The predicted molar refractivity (Wildman–Crippen MR) is 81.8 cm³/mol. The monoisotopic (exact) mass is 306 g/mol. The molecule has 4 nitrogen and oxygen atoms in total. The van der Waals surface area contributed by atoms with Crippen molar-refractivity contribution in [2.24, 2.45) is 0 Å². The maximum absolute atomic E-state index is 13.8. The van der Waals surface area contributed by atoms with Crippen molar-refractivity contribution >= 4 is 5.91 Å². The van der Waals surface area contributed by atoms with E-state index in [1.807, 2.05) is 13.1 Å². The van der Waals surface area contributed by atoms with Crippen LogP contribution in [0.25, 0.3) is 0 Å². The summed E-state index contributed by atoms with van der Waals surface area (Å²) >= 11 is 0. The first-order valence-electron chi connectivity index (χ1n) is 7.96. The Hall–Kier alpha value is -1.46. The zero-order chi connectivity index (χ0) is 15.6. The molecule has 2 aliphatic heterocycles. The van der Waals surface area contributed by atoms with Crippen LogP contribution >= 0.6 is 0 Å². The van der Waals surface area contributed by atoms with Gasteiger partial charge in [-0.3, -0.25) is 9.69 Å². The number of benzene rings is 1. The second kappa shape index (κ2) is 6.34. The molecule has 1 atom stereocenters. The second-order valence-corrected chi connectivity index (χ2v) is 6.33. The quantitative estimate of drug-likeness (QED) is 0.838. The Labute approximate surface area is 130 Å². The number of rotatable bonds is 2. The highest BCUT2D eigenvalue weighted by molar-refractivity contribution is 5.85. The van der Waals surface area contributed by atoms with Crippen molar-refractivity contribution in [2.45, 2.75) is 31.4 Å². The predicted octanol–water partition coefficient (Wildman–Crippen LogP) is 2.04. The lowest BCUT2D eigenvalue weighted by molar-refractivity contribution is -0.169. The van der Waals surface area contributed by atoms with Crippen molar-refractivity contribution in [2.75, 3.05) is 33.3 Å². The first kappa shape index (κ1) is 15.4. The first-order chi connectivity index (χ1) is 10.6. The molecule has 1 aromatic carbocycles. The lowest BCUT2D eigenvalue weighted by Crippen LogP contribution is -2.59. The van der Waals surface area contributed by atoms with Gasteiger partial charge in [-0.15, -0.1) is 0 Å². The number of carbonyl (C=O) groups is 1. The highest BCUT2D eigenvalue weighted by Gasteiger charge is 2.45. The molecule has 5 heteroatoms. The summed E-state index contributed by atoms with van der Waals surface area (Å²) in [4.78, 5) is 16.6. The van der Waals surface area contributed by atoms with Crippen molar-refractivity contribution in [3.8, 4) is 0 Å². The van der Waals surface area contributed by atoms with Gasteiger partial charge in [0.1, 0.15) is 5.82 Å². The van der Waals surface area contributed by atoms with Crippen molar-refractivity contribution in [3.63, 3.8) is 0 Å². The van der Waals surface area contributed by atoms with Gasteiger partial charge in [-0.05, 0) is 25.3 Å². The average Bonchev–Trinajstić information content (AvgIpc) is 2.64. The standard InChI is InChI=1S/C17H23FN2O2/c1-19-9-5-4-8-17(16(19)21)13-20(10-11-22-17)12-14-6-2-3-7-15(14)18/h2-3,6-7H,4-5,8-13H2,1H3. The smallest absolute Gasteiger partial charge is 0.255 e. The molecular weight excluding hydrogens is 283 g/mol. The SMILES string of the molecule is CN1CCCCC2(CN(Cc3ccccc3F)CCO2)C1=O. The average molecular weight is 306 g/mol. The molecule has 1 aromatic rings. The molecular formula is C17H23FN2O2. The summed E-state index contributed by atoms with van der Waals surface area (Å²) in [6, 6.07) is 6.83. The Morgan fingerprint density at radius 2 is 2.09 bits per heavy atom. The van der Waals surface area contributed by atoms with Crippen LogP contribution in [0, 0.1) is 5.82 Å². The summed E-state index contributed by atoms with van der Waals surface area (Å²) < 4.78 is 19.8. The lowest BCUT2D eigenvalue weighted by atomic mass is 9.94. The highest BCUT2D eigenvalue weighted by Crippen LogP contribution is 2.30. The molecule has 2 fully saturated rings. The van der Waals surface area contributed by atoms with Crippen LogP contribution in [0.4, 0.5) is 4.39 Å². The molecule has 0 saturated carbocycles. The third-order valence-corrected chi connectivity index (χ3v) is 4.68. The number of likely N-dealkylation sites (tertiary alicyclic amines) is 1. The van der Waals surface area contributed by atoms with E-state index >= 15 is 0 Å². The van der Waals surface area contributed by atoms with E-state index < -0.39 is 5.60 Å². The van der Waals surface area contributed by atoms with E-state index in [1.165, 1.54) is 6.07 Å². The number of hydrogen-bond acceptors (Lipinski definition) is 3. The molecule has 120 valence electrons. The Morgan fingerprint density at radius 3 is 2.91 bits per heavy atom. The zero-order valence-corrected chi connectivity index (χ0v) is 13.1. The molecule has 2 heterocycles. The van der Waals surface area contributed by atoms with Crippen molar-refractivity contribution in [1.82, 2.24) is 9.80 Å². The topological polar surface area (TPSA) is 32.8 Å². The summed E-state index contributed by atoms with van der Waals surface area (Å²) in [5.41, 5.74) is -0.0663. The molecule has 0 N–H and O–H groups in total. The van der Waals surface area contributed by atoms with E-state index in [2.05, 4.69) is 4.90 Å². The third-order valence-electron chi connectivity index (χ3n) is 4.68. The minimum atomic E-state index is -0.741. The summed E-state index contributed by atoms with van der Waals surface area (Å²) in [6.45, 7) is 3.11. The molecule has 0 bridgehead atoms. The molecule has 22 heavy (non-hydrogen) atoms. The fourth-order valence-corrected chi connectivity index (χ4v) is 3.45. The number of carbonyl (C=O) groups excluding carboxylic acids is 1. The Bertz CT molecular complexity index is 551. The summed E-state index contributed by atoms with van der Waals surface area (Å²) in [6.07, 6.45) is 2.76. The van der Waals surface area contributed by atoms with Crippen LogP contribution in [0.2, 0.25) is 0 Å². The molecule has 3 rings (SSSR count). The van der Waals surface area contributed by atoms with Crippen molar-refractivity contribution in [3.05, 3.63) is 35.6 Å². The highest BCUT2D eigenvalue weighted by atomic mass is 19.1. The molecule has 0 aromatic heterocycles. The van der Waals surface area contributed by atoms with Gasteiger partial charge in [0.2, 0.25) is 0 Å². The number of morpholine rings is 1. The molecule has 2 aliphatic rings. The number of ether oxygens (including phenoxy) is 1. The van der Waals surface area contributed by atoms with Crippen LogP contribution in [0.3, 0.4) is 0 Å². The van der Waals surface area contributed by atoms with Gasteiger partial charge in [0.05, 0.1) is 6.61 Å². The molecule has 1 spiro atoms. The van der Waals surface area contributed by atoms with Gasteiger partial charge < -0.3 is 9.64 Å². The Kier molecular flexibility index (Phi) is 4.45. The summed E-state index contributed by atoms with van der Waals surface area (Å²) in [5.74, 6) is -0.115. The van der Waals surface area contributed by atoms with Gasteiger partial charge in [-0.1, -0.05) is 18.2 Å². The Balaban J connectivity index is 1.76. The minimum absolute atomic E-state index is 0.0724. The Morgan fingerprint density at radius 1 is 1.27 bits per heavy atom. The number of halogens is 1. The van der Waals surface area contributed by atoms with E-state index in [0.717, 1.165) is 32.4 Å². The van der Waals surface area contributed by atoms with Crippen LogP contribution < -0.4 is 0 Å². The van der Waals surface area contributed by atoms with Gasteiger partial charge >= 0.3 is 0 Å². The number of likely N-dealkylation sites (N-methyl/N-ethyl adjacent to an activating group) is 1. The maximum Gasteiger partial charge on any atom is 0.255 e. The van der Waals surface area contributed by atoms with Gasteiger partial charge in [-0.25, -0.2) is 4.39 Å². The largest absolute Gasteiger partial charge is 0.362 e. The van der Waals surface area contributed by atoms with E-state index in [-0.39, 0.29) is 11.7 Å². The number of nitrogens with zero attached hydrogens (tertiary/aromatic N) is 2. The minimum Gasteiger partial charge on any atom is -0.362 e. The van der Waals surface area contributed by atoms with Crippen molar-refractivity contribution < 1.29 is 13.9 Å². The first-order valence-corrected chi connectivity index (χ1v) is 7.96. The normalized spacial score (nSPS) is 27.2. The molecule has 0 aliphatic carbocycles. The number of amides is 1. The number of hydrogen-bond donors (Lipinski definition) is 0. The van der Waals surface area contributed by atoms with Crippen molar-refractivity contribution in [1.29, 1.82) is 0 Å². The van der Waals surface area contributed by atoms with Gasteiger partial charge in [0.15, 0.2) is 5.60 Å². The molecule has 2 saturated heterocycles. The van der Waals surface area contributed by atoms with Gasteiger partial charge in [0.25, 0.3) is 5.91 Å². The fraction of sp³-hybridized carbons (Fsp3) is 0.588. The molecule has 0 radical (unpaired) electrons. The lowest BCUT2D eigenvalue weighted by Gasteiger charge is -2.42. The molecule has 1 unspecified atom stereocenters. The van der Waals surface area contributed by atoms with Crippen LogP contribution in [0.5, 0.6) is 0 Å². The summed E-state index contributed by atoms with van der Waals surface area (Å²) in [7, 11) is 1.84. The van der Waals surface area contributed by atoms with Crippen LogP contribution in [-0.2, 0) is 16.1 Å².